The molecule has 1 atom stereocenters. The monoisotopic (exact) mass is 322 g/mol. The minimum Gasteiger partial charge on any atom is -0.481 e. The number of carboxylic acids is 1. The molecule has 6 heteroatoms. The molecule has 1 aliphatic rings. The van der Waals surface area contributed by atoms with E-state index in [9.17, 15) is 9.59 Å². The number of para-hydroxylation sites is 1. The van der Waals surface area contributed by atoms with Crippen LogP contribution in [0.2, 0.25) is 0 Å². The van der Waals surface area contributed by atoms with Crippen LogP contribution in [0.5, 0.6) is 0 Å². The predicted molar refractivity (Wildman–Crippen MR) is 88.2 cm³/mol. The number of piperidine rings is 1. The zero-order valence-corrected chi connectivity index (χ0v) is 13.7. The van der Waals surface area contributed by atoms with Crippen molar-refractivity contribution in [2.75, 3.05) is 24.7 Å². The molecule has 0 aliphatic carbocycles. The maximum Gasteiger partial charge on any atom is 0.306 e. The number of carbonyl (C=O) groups is 2. The summed E-state index contributed by atoms with van der Waals surface area (Å²) in [6, 6.07) is 7.46. The Bertz CT molecular complexity index is 542. The number of benzene rings is 1. The molecule has 120 valence electrons. The highest BCUT2D eigenvalue weighted by molar-refractivity contribution is 7.98. The first kappa shape index (κ1) is 16.8. The van der Waals surface area contributed by atoms with Crippen molar-refractivity contribution in [2.45, 2.75) is 30.7 Å². The fourth-order valence-electron chi connectivity index (χ4n) is 2.68. The Hall–Kier alpha value is -1.53. The van der Waals surface area contributed by atoms with Gasteiger partial charge in [-0.05, 0) is 51.2 Å². The number of hydrogen-bond acceptors (Lipinski definition) is 4. The number of hydrogen-bond donors (Lipinski definition) is 2. The first-order valence-corrected chi connectivity index (χ1v) is 8.66. The lowest BCUT2D eigenvalue weighted by Gasteiger charge is -2.33. The van der Waals surface area contributed by atoms with Gasteiger partial charge in [0.25, 0.3) is 0 Å². The van der Waals surface area contributed by atoms with E-state index in [1.807, 2.05) is 37.4 Å². The Kier molecular flexibility index (Phi) is 5.85. The molecule has 1 aromatic rings. The van der Waals surface area contributed by atoms with Gasteiger partial charge in [-0.3, -0.25) is 14.5 Å². The number of rotatable bonds is 5. The van der Waals surface area contributed by atoms with Gasteiger partial charge in [-0.25, -0.2) is 0 Å². The van der Waals surface area contributed by atoms with Crippen molar-refractivity contribution < 1.29 is 14.7 Å². The van der Waals surface area contributed by atoms with Gasteiger partial charge < -0.3 is 10.4 Å². The van der Waals surface area contributed by atoms with Gasteiger partial charge in [0.2, 0.25) is 5.91 Å². The third-order valence-electron chi connectivity index (χ3n) is 4.17. The molecular formula is C16H22N2O3S. The third-order valence-corrected chi connectivity index (χ3v) is 4.97. The van der Waals surface area contributed by atoms with E-state index in [1.165, 1.54) is 0 Å². The lowest BCUT2D eigenvalue weighted by Crippen LogP contribution is -2.47. The summed E-state index contributed by atoms with van der Waals surface area (Å²) in [5.74, 6) is -1.05. The molecule has 1 aliphatic heterocycles. The van der Waals surface area contributed by atoms with Crippen molar-refractivity contribution in [3.8, 4) is 0 Å². The molecule has 1 fully saturated rings. The van der Waals surface area contributed by atoms with Crippen LogP contribution in [-0.2, 0) is 9.59 Å². The van der Waals surface area contributed by atoms with Crippen LogP contribution in [0.1, 0.15) is 19.8 Å². The van der Waals surface area contributed by atoms with Gasteiger partial charge in [-0.1, -0.05) is 12.1 Å². The molecule has 0 bridgehead atoms. The molecule has 1 amide bonds. The highest BCUT2D eigenvalue weighted by Gasteiger charge is 2.29. The van der Waals surface area contributed by atoms with E-state index >= 15 is 0 Å². The standard InChI is InChI=1S/C16H22N2O3S/c1-11(18-9-7-12(8-10-18)16(20)21)15(19)17-13-5-3-4-6-14(13)22-2/h3-6,11-12H,7-10H2,1-2H3,(H,17,19)(H,20,21). The van der Waals surface area contributed by atoms with E-state index in [0.717, 1.165) is 10.6 Å². The molecule has 1 saturated heterocycles. The molecule has 0 aromatic heterocycles. The van der Waals surface area contributed by atoms with Crippen molar-refractivity contribution in [1.82, 2.24) is 4.90 Å². The molecule has 0 saturated carbocycles. The van der Waals surface area contributed by atoms with Crippen molar-refractivity contribution in [3.63, 3.8) is 0 Å². The van der Waals surface area contributed by atoms with Crippen LogP contribution in [0.15, 0.2) is 29.2 Å². The van der Waals surface area contributed by atoms with Crippen molar-refractivity contribution in [3.05, 3.63) is 24.3 Å². The molecule has 1 unspecified atom stereocenters. The Balaban J connectivity index is 1.94. The zero-order valence-electron chi connectivity index (χ0n) is 12.9. The van der Waals surface area contributed by atoms with Crippen LogP contribution in [0.3, 0.4) is 0 Å². The smallest absolute Gasteiger partial charge is 0.306 e. The minimum atomic E-state index is -0.731. The summed E-state index contributed by atoms with van der Waals surface area (Å²) >= 11 is 1.59. The van der Waals surface area contributed by atoms with E-state index < -0.39 is 5.97 Å². The van der Waals surface area contributed by atoms with Crippen LogP contribution in [-0.4, -0.2) is 47.3 Å². The summed E-state index contributed by atoms with van der Waals surface area (Å²) in [6.45, 7) is 3.17. The molecular weight excluding hydrogens is 300 g/mol. The highest BCUT2D eigenvalue weighted by Crippen LogP contribution is 2.25. The Morgan fingerprint density at radius 3 is 2.55 bits per heavy atom. The Morgan fingerprint density at radius 1 is 1.32 bits per heavy atom. The second-order valence-corrected chi connectivity index (χ2v) is 6.36. The van der Waals surface area contributed by atoms with Gasteiger partial charge in [0.1, 0.15) is 0 Å². The molecule has 0 spiro atoms. The Labute approximate surface area is 135 Å². The quantitative estimate of drug-likeness (QED) is 0.815. The average Bonchev–Trinajstić information content (AvgIpc) is 2.54. The number of anilines is 1. The first-order valence-electron chi connectivity index (χ1n) is 7.43. The van der Waals surface area contributed by atoms with E-state index in [1.54, 1.807) is 11.8 Å². The molecule has 1 aromatic carbocycles. The second-order valence-electron chi connectivity index (χ2n) is 5.51. The largest absolute Gasteiger partial charge is 0.481 e. The van der Waals surface area contributed by atoms with E-state index in [-0.39, 0.29) is 17.9 Å². The van der Waals surface area contributed by atoms with Crippen LogP contribution < -0.4 is 5.32 Å². The van der Waals surface area contributed by atoms with Gasteiger partial charge in [0, 0.05) is 4.90 Å². The van der Waals surface area contributed by atoms with Crippen molar-refractivity contribution >= 4 is 29.3 Å². The summed E-state index contributed by atoms with van der Waals surface area (Å²) in [7, 11) is 0. The fourth-order valence-corrected chi connectivity index (χ4v) is 3.24. The number of likely N-dealkylation sites (tertiary alicyclic amines) is 1. The van der Waals surface area contributed by atoms with Crippen LogP contribution in [0, 0.1) is 5.92 Å². The molecule has 5 nitrogen and oxygen atoms in total. The van der Waals surface area contributed by atoms with Crippen molar-refractivity contribution in [2.24, 2.45) is 5.92 Å². The fraction of sp³-hybridized carbons (Fsp3) is 0.500. The lowest BCUT2D eigenvalue weighted by molar-refractivity contribution is -0.143. The number of carboxylic acid groups (broad SMARTS) is 1. The summed E-state index contributed by atoms with van der Waals surface area (Å²) in [6.07, 6.45) is 3.19. The predicted octanol–water partition coefficient (Wildman–Crippen LogP) is 2.53. The SMILES string of the molecule is CSc1ccccc1NC(=O)C(C)N1CCC(C(=O)O)CC1. The summed E-state index contributed by atoms with van der Waals surface area (Å²) in [4.78, 5) is 26.5. The van der Waals surface area contributed by atoms with Gasteiger partial charge >= 0.3 is 5.97 Å². The first-order chi connectivity index (χ1) is 10.5. The van der Waals surface area contributed by atoms with Gasteiger partial charge in [0.05, 0.1) is 17.6 Å². The second kappa shape index (κ2) is 7.65. The van der Waals surface area contributed by atoms with Crippen molar-refractivity contribution in [1.29, 1.82) is 0 Å². The molecule has 22 heavy (non-hydrogen) atoms. The summed E-state index contributed by atoms with van der Waals surface area (Å²) in [5, 5.41) is 12.0. The third kappa shape index (κ3) is 4.01. The lowest BCUT2D eigenvalue weighted by atomic mass is 9.96. The Morgan fingerprint density at radius 2 is 1.95 bits per heavy atom. The zero-order chi connectivity index (χ0) is 16.1. The molecule has 1 heterocycles. The summed E-state index contributed by atoms with van der Waals surface area (Å²) in [5.41, 5.74) is 0.826. The van der Waals surface area contributed by atoms with Crippen LogP contribution >= 0.6 is 11.8 Å². The number of carbonyl (C=O) groups excluding carboxylic acids is 1. The van der Waals surface area contributed by atoms with Gasteiger partial charge in [-0.15, -0.1) is 11.8 Å². The van der Waals surface area contributed by atoms with Gasteiger partial charge in [0.15, 0.2) is 0 Å². The molecule has 2 N–H and O–H groups in total. The number of aliphatic carboxylic acids is 1. The summed E-state index contributed by atoms with van der Waals surface area (Å²) < 4.78 is 0. The normalized spacial score (nSPS) is 17.9. The average molecular weight is 322 g/mol. The van der Waals surface area contributed by atoms with Gasteiger partial charge in [-0.2, -0.15) is 0 Å². The number of amides is 1. The van der Waals surface area contributed by atoms with E-state index in [0.29, 0.717) is 25.9 Å². The number of nitrogens with zero attached hydrogens (tertiary/aromatic N) is 1. The minimum absolute atomic E-state index is 0.0460. The van der Waals surface area contributed by atoms with E-state index in [2.05, 4.69) is 10.2 Å². The van der Waals surface area contributed by atoms with E-state index in [4.69, 9.17) is 5.11 Å². The van der Waals surface area contributed by atoms with Crippen LogP contribution in [0.25, 0.3) is 0 Å². The topological polar surface area (TPSA) is 69.6 Å². The molecule has 0 radical (unpaired) electrons. The van der Waals surface area contributed by atoms with Crippen LogP contribution in [0.4, 0.5) is 5.69 Å². The number of thioether (sulfide) groups is 1. The maximum absolute atomic E-state index is 12.4. The maximum atomic E-state index is 12.4. The molecule has 2 rings (SSSR count). The highest BCUT2D eigenvalue weighted by atomic mass is 32.2. The number of nitrogens with one attached hydrogen (secondary N) is 1.